The first kappa shape index (κ1) is 24.2. The molecule has 2 heterocycles. The first-order chi connectivity index (χ1) is 16.9. The Morgan fingerprint density at radius 3 is 2.36 bits per heavy atom. The number of benzene rings is 3. The number of halogens is 2. The quantitative estimate of drug-likeness (QED) is 0.399. The molecule has 0 spiro atoms. The van der Waals surface area contributed by atoms with Crippen LogP contribution in [-0.2, 0) is 14.1 Å². The van der Waals surface area contributed by atoms with Crippen LogP contribution in [0.2, 0.25) is 0 Å². The van der Waals surface area contributed by atoms with Gasteiger partial charge in [0.15, 0.2) is 0 Å². The summed E-state index contributed by atoms with van der Waals surface area (Å²) < 4.78 is 42.3. The minimum absolute atomic E-state index is 0.220. The first-order valence-electron chi connectivity index (χ1n) is 11.6. The van der Waals surface area contributed by atoms with Crippen molar-refractivity contribution in [1.29, 1.82) is 0 Å². The summed E-state index contributed by atoms with van der Waals surface area (Å²) in [5.41, 5.74) is 3.32. The van der Waals surface area contributed by atoms with Crippen molar-refractivity contribution in [2.75, 3.05) is 5.32 Å². The van der Waals surface area contributed by atoms with E-state index in [0.29, 0.717) is 16.9 Å². The fourth-order valence-corrected chi connectivity index (χ4v) is 4.27. The van der Waals surface area contributed by atoms with Crippen LogP contribution in [0.15, 0.2) is 60.9 Å². The van der Waals surface area contributed by atoms with Crippen LogP contribution in [0.25, 0.3) is 27.8 Å². The molecule has 9 heteroatoms. The third-order valence-corrected chi connectivity index (χ3v) is 6.86. The average molecular weight is 489 g/mol. The number of imidazole rings is 1. The summed E-state index contributed by atoms with van der Waals surface area (Å²) in [6.07, 6.45) is 1.66. The zero-order chi connectivity index (χ0) is 25.8. The van der Waals surface area contributed by atoms with E-state index in [0.717, 1.165) is 22.6 Å². The van der Waals surface area contributed by atoms with Gasteiger partial charge in [-0.1, -0.05) is 6.07 Å². The maximum atomic E-state index is 14.6. The van der Waals surface area contributed by atoms with Gasteiger partial charge < -0.3 is 14.6 Å². The number of anilines is 1. The largest absolute Gasteiger partial charge is 0.494 e. The maximum Gasteiger partial charge on any atom is 0.494 e. The molecule has 1 amide bonds. The summed E-state index contributed by atoms with van der Waals surface area (Å²) in [5.74, 6) is -1.61. The van der Waals surface area contributed by atoms with E-state index in [1.807, 2.05) is 50.5 Å². The van der Waals surface area contributed by atoms with Gasteiger partial charge in [0.2, 0.25) is 5.91 Å². The van der Waals surface area contributed by atoms with Gasteiger partial charge in [-0.3, -0.25) is 9.36 Å². The Balaban J connectivity index is 1.57. The fraction of sp³-hybridized carbons (Fsp3) is 0.259. The summed E-state index contributed by atoms with van der Waals surface area (Å²) in [7, 11) is -0.513. The summed E-state index contributed by atoms with van der Waals surface area (Å²) in [6.45, 7) is 9.41. The van der Waals surface area contributed by atoms with Crippen molar-refractivity contribution >= 4 is 35.2 Å². The van der Waals surface area contributed by atoms with Gasteiger partial charge >= 0.3 is 7.12 Å². The van der Waals surface area contributed by atoms with E-state index in [-0.39, 0.29) is 11.5 Å². The van der Waals surface area contributed by atoms with Crippen molar-refractivity contribution < 1.29 is 22.9 Å². The smallest absolute Gasteiger partial charge is 0.399 e. The van der Waals surface area contributed by atoms with Crippen LogP contribution in [-0.4, -0.2) is 33.8 Å². The standard InChI is InChI=1S/C27H26BF2N3O3/c1-16(34)32-20-10-17(22-8-7-19(29)13-23(22)30)11-21(14-20)33-15-31-24-12-18(6-9-25(24)33)28-35-26(2,3)27(4,5)36-28/h6-15H,1-5H3,(H,32,34). The second kappa shape index (κ2) is 8.53. The van der Waals surface area contributed by atoms with Gasteiger partial charge in [0.1, 0.15) is 18.0 Å². The lowest BCUT2D eigenvalue weighted by Gasteiger charge is -2.32. The fourth-order valence-electron chi connectivity index (χ4n) is 4.27. The number of hydrogen-bond donors (Lipinski definition) is 1. The molecule has 1 saturated heterocycles. The Kier molecular flexibility index (Phi) is 5.72. The molecule has 1 aliphatic rings. The van der Waals surface area contributed by atoms with Gasteiger partial charge in [-0.05, 0) is 81.2 Å². The van der Waals surface area contributed by atoms with E-state index in [1.165, 1.54) is 19.1 Å². The molecular formula is C27H26BF2N3O3. The Morgan fingerprint density at radius 2 is 1.69 bits per heavy atom. The number of nitrogens with one attached hydrogen (secondary N) is 1. The van der Waals surface area contributed by atoms with Crippen LogP contribution in [0.3, 0.4) is 0 Å². The summed E-state index contributed by atoms with van der Waals surface area (Å²) >= 11 is 0. The molecule has 1 aromatic heterocycles. The lowest BCUT2D eigenvalue weighted by atomic mass is 9.79. The molecule has 5 rings (SSSR count). The van der Waals surface area contributed by atoms with Crippen molar-refractivity contribution in [1.82, 2.24) is 9.55 Å². The highest BCUT2D eigenvalue weighted by atomic mass is 19.1. The maximum absolute atomic E-state index is 14.6. The lowest BCUT2D eigenvalue weighted by molar-refractivity contribution is -0.114. The number of carbonyl (C=O) groups is 1. The molecule has 184 valence electrons. The minimum Gasteiger partial charge on any atom is -0.399 e. The van der Waals surface area contributed by atoms with Gasteiger partial charge in [-0.15, -0.1) is 0 Å². The van der Waals surface area contributed by atoms with E-state index in [9.17, 15) is 13.6 Å². The van der Waals surface area contributed by atoms with E-state index in [1.54, 1.807) is 24.5 Å². The lowest BCUT2D eigenvalue weighted by Crippen LogP contribution is -2.41. The molecule has 0 aliphatic carbocycles. The number of hydrogen-bond acceptors (Lipinski definition) is 4. The van der Waals surface area contributed by atoms with Gasteiger partial charge in [-0.25, -0.2) is 13.8 Å². The Labute approximate surface area is 208 Å². The van der Waals surface area contributed by atoms with Gasteiger partial charge in [-0.2, -0.15) is 0 Å². The van der Waals surface area contributed by atoms with Crippen LogP contribution in [0.1, 0.15) is 34.6 Å². The molecule has 0 bridgehead atoms. The number of carbonyl (C=O) groups excluding carboxylic acids is 1. The summed E-state index contributed by atoms with van der Waals surface area (Å²) in [6, 6.07) is 14.4. The SMILES string of the molecule is CC(=O)Nc1cc(-c2ccc(F)cc2F)cc(-n2cnc3cc(B4OC(C)(C)C(C)(C)O4)ccc32)c1. The number of aromatic nitrogens is 2. The van der Waals surface area contributed by atoms with Gasteiger partial charge in [0, 0.05) is 29.9 Å². The number of nitrogens with zero attached hydrogens (tertiary/aromatic N) is 2. The van der Waals surface area contributed by atoms with Crippen LogP contribution < -0.4 is 10.8 Å². The monoisotopic (exact) mass is 489 g/mol. The first-order valence-corrected chi connectivity index (χ1v) is 11.6. The molecule has 0 unspecified atom stereocenters. The van der Waals surface area contributed by atoms with Crippen molar-refractivity contribution in [3.8, 4) is 16.8 Å². The molecular weight excluding hydrogens is 463 g/mol. The van der Waals surface area contributed by atoms with E-state index < -0.39 is 30.0 Å². The highest BCUT2D eigenvalue weighted by Gasteiger charge is 2.51. The molecule has 0 atom stereocenters. The van der Waals surface area contributed by atoms with Crippen molar-refractivity contribution in [2.24, 2.45) is 0 Å². The normalized spacial score (nSPS) is 16.5. The summed E-state index contributed by atoms with van der Waals surface area (Å²) in [4.78, 5) is 16.3. The second-order valence-corrected chi connectivity index (χ2v) is 10.0. The van der Waals surface area contributed by atoms with Gasteiger partial charge in [0.25, 0.3) is 0 Å². The number of fused-ring (bicyclic) bond motifs is 1. The zero-order valence-electron chi connectivity index (χ0n) is 20.7. The zero-order valence-corrected chi connectivity index (χ0v) is 20.7. The second-order valence-electron chi connectivity index (χ2n) is 10.0. The average Bonchev–Trinajstić information content (AvgIpc) is 3.30. The van der Waals surface area contributed by atoms with Crippen LogP contribution in [0.5, 0.6) is 0 Å². The Hall–Kier alpha value is -3.56. The van der Waals surface area contributed by atoms with E-state index in [4.69, 9.17) is 9.31 Å². The molecule has 4 aromatic rings. The molecule has 36 heavy (non-hydrogen) atoms. The molecule has 1 fully saturated rings. The van der Waals surface area contributed by atoms with Crippen LogP contribution in [0.4, 0.5) is 14.5 Å². The van der Waals surface area contributed by atoms with E-state index >= 15 is 0 Å². The van der Waals surface area contributed by atoms with Crippen molar-refractivity contribution in [3.05, 3.63) is 72.6 Å². The topological polar surface area (TPSA) is 65.4 Å². The van der Waals surface area contributed by atoms with E-state index in [2.05, 4.69) is 10.3 Å². The Bertz CT molecular complexity index is 1480. The number of rotatable bonds is 4. The minimum atomic E-state index is -0.691. The van der Waals surface area contributed by atoms with Crippen LogP contribution >= 0.6 is 0 Å². The molecule has 0 saturated carbocycles. The Morgan fingerprint density at radius 1 is 0.972 bits per heavy atom. The van der Waals surface area contributed by atoms with Gasteiger partial charge in [0.05, 0.1) is 22.2 Å². The van der Waals surface area contributed by atoms with Crippen molar-refractivity contribution in [3.63, 3.8) is 0 Å². The molecule has 6 nitrogen and oxygen atoms in total. The third-order valence-electron chi connectivity index (χ3n) is 6.86. The number of amides is 1. The molecule has 1 N–H and O–H groups in total. The van der Waals surface area contributed by atoms with Crippen molar-refractivity contribution in [2.45, 2.75) is 45.8 Å². The predicted octanol–water partition coefficient (Wildman–Crippen LogP) is 5.23. The van der Waals surface area contributed by atoms with Crippen LogP contribution in [0, 0.1) is 11.6 Å². The highest BCUT2D eigenvalue weighted by Crippen LogP contribution is 2.37. The summed E-state index contributed by atoms with van der Waals surface area (Å²) in [5, 5.41) is 2.76. The third kappa shape index (κ3) is 4.29. The molecule has 0 radical (unpaired) electrons. The predicted molar refractivity (Wildman–Crippen MR) is 136 cm³/mol. The highest BCUT2D eigenvalue weighted by molar-refractivity contribution is 6.62. The molecule has 1 aliphatic heterocycles. The molecule has 3 aromatic carbocycles.